The van der Waals surface area contributed by atoms with Crippen molar-refractivity contribution in [3.8, 4) is 0 Å². The lowest BCUT2D eigenvalue weighted by molar-refractivity contribution is -0.729. The summed E-state index contributed by atoms with van der Waals surface area (Å²) < 4.78 is 0. The van der Waals surface area contributed by atoms with Gasteiger partial charge in [0, 0.05) is 24.9 Å². The fourth-order valence-electron chi connectivity index (χ4n) is 6.62. The van der Waals surface area contributed by atoms with Gasteiger partial charge in [0.25, 0.3) is 5.91 Å². The van der Waals surface area contributed by atoms with E-state index in [1.165, 1.54) is 49.7 Å². The highest BCUT2D eigenvalue weighted by Gasteiger charge is 2.53. The van der Waals surface area contributed by atoms with Crippen molar-refractivity contribution in [2.45, 2.75) is 83.6 Å². The summed E-state index contributed by atoms with van der Waals surface area (Å²) in [5.41, 5.74) is 3.94. The van der Waals surface area contributed by atoms with Crippen LogP contribution in [0.3, 0.4) is 0 Å². The number of carbonyl (C=O) groups excluding carboxylic acids is 1. The van der Waals surface area contributed by atoms with Crippen LogP contribution in [0.5, 0.6) is 0 Å². The Morgan fingerprint density at radius 1 is 1.00 bits per heavy atom. The molecule has 4 bridgehead atoms. The quantitative estimate of drug-likeness (QED) is 0.767. The van der Waals surface area contributed by atoms with Crippen LogP contribution in [-0.2, 0) is 4.79 Å². The molecule has 4 fully saturated rings. The number of hydrogen-bond acceptors (Lipinski definition) is 1. The molecule has 3 heteroatoms. The van der Waals surface area contributed by atoms with Gasteiger partial charge in [-0.15, -0.1) is 0 Å². The molecular formula is C24H37N2O+. The Labute approximate surface area is 164 Å². The van der Waals surface area contributed by atoms with Crippen molar-refractivity contribution in [3.63, 3.8) is 0 Å². The number of hydrogen-bond donors (Lipinski definition) is 2. The van der Waals surface area contributed by atoms with Crippen LogP contribution in [0.4, 0.5) is 5.69 Å². The molecule has 4 aliphatic rings. The average molecular weight is 370 g/mol. The number of carbonyl (C=O) groups is 1. The van der Waals surface area contributed by atoms with Crippen molar-refractivity contribution >= 4 is 11.6 Å². The summed E-state index contributed by atoms with van der Waals surface area (Å²) in [5, 5.41) is 5.72. The predicted octanol–water partition coefficient (Wildman–Crippen LogP) is 4.40. The van der Waals surface area contributed by atoms with E-state index < -0.39 is 0 Å². The molecule has 0 unspecified atom stereocenters. The minimum absolute atomic E-state index is 0.167. The molecular weight excluding hydrogens is 332 g/mol. The van der Waals surface area contributed by atoms with Gasteiger partial charge in [-0.05, 0) is 60.0 Å². The Balaban J connectivity index is 1.44. The molecule has 27 heavy (non-hydrogen) atoms. The normalized spacial score (nSPS) is 31.7. The topological polar surface area (TPSA) is 45.7 Å². The van der Waals surface area contributed by atoms with Crippen LogP contribution >= 0.6 is 0 Å². The molecule has 0 saturated heterocycles. The van der Waals surface area contributed by atoms with Crippen molar-refractivity contribution in [1.82, 2.24) is 0 Å². The highest BCUT2D eigenvalue weighted by Crippen LogP contribution is 2.54. The Hall–Kier alpha value is -1.35. The fraction of sp³-hybridized carbons (Fsp3) is 0.708. The second-order valence-corrected chi connectivity index (χ2v) is 10.4. The second-order valence-electron chi connectivity index (χ2n) is 10.4. The third-order valence-corrected chi connectivity index (χ3v) is 7.44. The lowest BCUT2D eigenvalue weighted by Crippen LogP contribution is -3.00. The van der Waals surface area contributed by atoms with E-state index in [4.69, 9.17) is 0 Å². The van der Waals surface area contributed by atoms with E-state index in [-0.39, 0.29) is 5.91 Å². The number of benzene rings is 1. The SMILES string of the molecule is CC(C)c1cccc(C(C)C)c1NC(=O)C[NH2+]C12CC3CC(CC(C3)C1)C2. The number of para-hydroxylation sites is 1. The van der Waals surface area contributed by atoms with Crippen molar-refractivity contribution in [3.05, 3.63) is 29.3 Å². The van der Waals surface area contributed by atoms with Crippen molar-refractivity contribution < 1.29 is 10.1 Å². The van der Waals surface area contributed by atoms with Gasteiger partial charge in [-0.25, -0.2) is 0 Å². The van der Waals surface area contributed by atoms with Gasteiger partial charge >= 0.3 is 0 Å². The third kappa shape index (κ3) is 3.81. The van der Waals surface area contributed by atoms with Crippen molar-refractivity contribution in [1.29, 1.82) is 0 Å². The van der Waals surface area contributed by atoms with Gasteiger partial charge in [0.1, 0.15) is 0 Å². The van der Waals surface area contributed by atoms with E-state index in [0.717, 1.165) is 23.4 Å². The van der Waals surface area contributed by atoms with Crippen LogP contribution < -0.4 is 10.6 Å². The van der Waals surface area contributed by atoms with Gasteiger partial charge in [0.2, 0.25) is 0 Å². The van der Waals surface area contributed by atoms with E-state index in [1.807, 2.05) is 0 Å². The summed E-state index contributed by atoms with van der Waals surface area (Å²) in [6.07, 6.45) is 8.39. The molecule has 0 heterocycles. The Morgan fingerprint density at radius 2 is 1.48 bits per heavy atom. The molecule has 0 aromatic heterocycles. The Morgan fingerprint density at radius 3 is 1.93 bits per heavy atom. The minimum atomic E-state index is 0.167. The van der Waals surface area contributed by atoms with Gasteiger partial charge in [0.15, 0.2) is 6.54 Å². The molecule has 0 radical (unpaired) electrons. The molecule has 0 atom stereocenters. The zero-order valence-electron chi connectivity index (χ0n) is 17.6. The standard InChI is InChI=1S/C24H36N2O/c1-15(2)20-6-5-7-21(16(3)4)23(20)26-22(27)14-25-24-11-17-8-18(12-24)10-19(9-17)13-24/h5-7,15-19,25H,8-14H2,1-4H3,(H,26,27)/p+1. The van der Waals surface area contributed by atoms with E-state index in [1.54, 1.807) is 0 Å². The van der Waals surface area contributed by atoms with E-state index >= 15 is 0 Å². The van der Waals surface area contributed by atoms with Crippen LogP contribution in [-0.4, -0.2) is 18.0 Å². The van der Waals surface area contributed by atoms with Gasteiger partial charge in [0.05, 0.1) is 5.54 Å². The summed E-state index contributed by atoms with van der Waals surface area (Å²) in [5.74, 6) is 3.79. The fourth-order valence-corrected chi connectivity index (χ4v) is 6.62. The van der Waals surface area contributed by atoms with Gasteiger partial charge in [-0.1, -0.05) is 45.9 Å². The largest absolute Gasteiger partial charge is 0.334 e. The molecule has 4 saturated carbocycles. The van der Waals surface area contributed by atoms with E-state index in [0.29, 0.717) is 23.9 Å². The number of amides is 1. The van der Waals surface area contributed by atoms with Gasteiger partial charge in [-0.2, -0.15) is 0 Å². The second kappa shape index (κ2) is 7.24. The lowest BCUT2D eigenvalue weighted by Gasteiger charge is -2.54. The molecule has 3 nitrogen and oxygen atoms in total. The molecule has 3 N–H and O–H groups in total. The molecule has 4 aliphatic carbocycles. The lowest BCUT2D eigenvalue weighted by atomic mass is 9.53. The molecule has 148 valence electrons. The van der Waals surface area contributed by atoms with Crippen LogP contribution in [0.2, 0.25) is 0 Å². The maximum absolute atomic E-state index is 12.9. The molecule has 0 spiro atoms. The molecule has 0 aliphatic heterocycles. The first kappa shape index (κ1) is 19.0. The first-order valence-corrected chi connectivity index (χ1v) is 11.1. The van der Waals surface area contributed by atoms with Gasteiger partial charge in [-0.3, -0.25) is 4.79 Å². The Kier molecular flexibility index (Phi) is 5.09. The zero-order chi connectivity index (χ0) is 19.2. The van der Waals surface area contributed by atoms with Crippen LogP contribution in [0.25, 0.3) is 0 Å². The first-order chi connectivity index (χ1) is 12.8. The number of quaternary nitrogens is 1. The number of rotatable bonds is 6. The predicted molar refractivity (Wildman–Crippen MR) is 111 cm³/mol. The van der Waals surface area contributed by atoms with Crippen LogP contribution in [0.15, 0.2) is 18.2 Å². The maximum Gasteiger partial charge on any atom is 0.279 e. The highest BCUT2D eigenvalue weighted by atomic mass is 16.1. The van der Waals surface area contributed by atoms with Crippen molar-refractivity contribution in [2.75, 3.05) is 11.9 Å². The van der Waals surface area contributed by atoms with E-state index in [9.17, 15) is 4.79 Å². The summed E-state index contributed by atoms with van der Waals surface area (Å²) in [7, 11) is 0. The maximum atomic E-state index is 12.9. The van der Waals surface area contributed by atoms with Crippen LogP contribution in [0.1, 0.15) is 89.2 Å². The summed E-state index contributed by atoms with van der Waals surface area (Å²) in [6.45, 7) is 9.39. The monoisotopic (exact) mass is 369 g/mol. The minimum Gasteiger partial charge on any atom is -0.334 e. The number of nitrogens with one attached hydrogen (secondary N) is 1. The Bertz CT molecular complexity index is 645. The van der Waals surface area contributed by atoms with E-state index in [2.05, 4.69) is 56.5 Å². The number of anilines is 1. The summed E-state index contributed by atoms with van der Waals surface area (Å²) in [6, 6.07) is 6.45. The van der Waals surface area contributed by atoms with Crippen molar-refractivity contribution in [2.24, 2.45) is 17.8 Å². The van der Waals surface area contributed by atoms with Gasteiger partial charge < -0.3 is 10.6 Å². The smallest absolute Gasteiger partial charge is 0.279 e. The molecule has 1 aromatic rings. The summed E-state index contributed by atoms with van der Waals surface area (Å²) >= 11 is 0. The molecule has 1 aromatic carbocycles. The summed E-state index contributed by atoms with van der Waals surface area (Å²) in [4.78, 5) is 12.9. The number of nitrogens with two attached hydrogens (primary N) is 1. The highest BCUT2D eigenvalue weighted by molar-refractivity contribution is 5.93. The average Bonchev–Trinajstić information content (AvgIpc) is 2.58. The zero-order valence-corrected chi connectivity index (χ0v) is 17.6. The molecule has 5 rings (SSSR count). The molecule has 1 amide bonds. The first-order valence-electron chi connectivity index (χ1n) is 11.1. The third-order valence-electron chi connectivity index (χ3n) is 7.44. The van der Waals surface area contributed by atoms with Crippen LogP contribution in [0, 0.1) is 17.8 Å².